The predicted octanol–water partition coefficient (Wildman–Crippen LogP) is 1.17. The molecule has 2 heterocycles. The Morgan fingerprint density at radius 1 is 1.56 bits per heavy atom. The molecule has 1 saturated heterocycles. The van der Waals surface area contributed by atoms with Crippen molar-refractivity contribution < 1.29 is 14.7 Å². The molecule has 16 heavy (non-hydrogen) atoms. The largest absolute Gasteiger partial charge is 0.481 e. The molecule has 6 heteroatoms. The Bertz CT molecular complexity index is 449. The van der Waals surface area contributed by atoms with Gasteiger partial charge < -0.3 is 10.0 Å². The van der Waals surface area contributed by atoms with E-state index in [9.17, 15) is 9.59 Å². The molecular weight excluding hydrogens is 232 g/mol. The van der Waals surface area contributed by atoms with Gasteiger partial charge in [-0.15, -0.1) is 0 Å². The highest BCUT2D eigenvalue weighted by Crippen LogP contribution is 2.26. The van der Waals surface area contributed by atoms with E-state index in [2.05, 4.69) is 4.98 Å². The van der Waals surface area contributed by atoms with Crippen LogP contribution in [-0.4, -0.2) is 28.5 Å². The Hall–Kier alpha value is -1.62. The van der Waals surface area contributed by atoms with Crippen LogP contribution in [0.2, 0.25) is 5.02 Å². The Morgan fingerprint density at radius 3 is 2.88 bits per heavy atom. The molecule has 2 rings (SSSR count). The third kappa shape index (κ3) is 1.99. The molecule has 1 atom stereocenters. The molecule has 0 aromatic carbocycles. The SMILES string of the molecule is O=C(O)C1CC(=O)N(c2cncc(Cl)c2)C1. The summed E-state index contributed by atoms with van der Waals surface area (Å²) in [5, 5.41) is 9.25. The van der Waals surface area contributed by atoms with Crippen LogP contribution in [0.5, 0.6) is 0 Å². The number of pyridine rings is 1. The minimum absolute atomic E-state index is 0.0296. The van der Waals surface area contributed by atoms with E-state index in [1.165, 1.54) is 17.3 Å². The fourth-order valence-electron chi connectivity index (χ4n) is 1.67. The summed E-state index contributed by atoms with van der Waals surface area (Å²) in [4.78, 5) is 27.6. The summed E-state index contributed by atoms with van der Waals surface area (Å²) in [7, 11) is 0. The minimum atomic E-state index is -0.953. The summed E-state index contributed by atoms with van der Waals surface area (Å²) in [6, 6.07) is 1.59. The summed E-state index contributed by atoms with van der Waals surface area (Å²) in [5.74, 6) is -1.81. The van der Waals surface area contributed by atoms with Gasteiger partial charge in [-0.2, -0.15) is 0 Å². The van der Waals surface area contributed by atoms with E-state index in [4.69, 9.17) is 16.7 Å². The number of amides is 1. The highest BCUT2D eigenvalue weighted by Gasteiger charge is 2.35. The van der Waals surface area contributed by atoms with Crippen molar-refractivity contribution in [1.82, 2.24) is 4.98 Å². The fourth-order valence-corrected chi connectivity index (χ4v) is 1.84. The van der Waals surface area contributed by atoms with E-state index in [1.807, 2.05) is 0 Å². The molecule has 1 amide bonds. The second-order valence-electron chi connectivity index (χ2n) is 3.60. The first-order valence-electron chi connectivity index (χ1n) is 4.71. The van der Waals surface area contributed by atoms with Crippen LogP contribution in [0.1, 0.15) is 6.42 Å². The van der Waals surface area contributed by atoms with Crippen molar-refractivity contribution in [2.45, 2.75) is 6.42 Å². The zero-order valence-corrected chi connectivity index (χ0v) is 9.02. The van der Waals surface area contributed by atoms with Crippen molar-refractivity contribution in [3.8, 4) is 0 Å². The molecule has 1 aromatic heterocycles. The van der Waals surface area contributed by atoms with E-state index in [0.29, 0.717) is 10.7 Å². The Morgan fingerprint density at radius 2 is 2.31 bits per heavy atom. The van der Waals surface area contributed by atoms with Crippen LogP contribution in [0.3, 0.4) is 0 Å². The molecule has 1 N–H and O–H groups in total. The maximum atomic E-state index is 11.6. The summed E-state index contributed by atoms with van der Waals surface area (Å²) >= 11 is 5.75. The number of carboxylic acid groups (broad SMARTS) is 1. The summed E-state index contributed by atoms with van der Waals surface area (Å²) in [6.45, 7) is 0.177. The third-order valence-corrected chi connectivity index (χ3v) is 2.68. The molecular formula is C10H9ClN2O3. The maximum Gasteiger partial charge on any atom is 0.308 e. The van der Waals surface area contributed by atoms with Gasteiger partial charge in [-0.3, -0.25) is 14.6 Å². The molecule has 1 aliphatic heterocycles. The van der Waals surface area contributed by atoms with Gasteiger partial charge in [-0.05, 0) is 6.07 Å². The number of anilines is 1. The van der Waals surface area contributed by atoms with Crippen molar-refractivity contribution >= 4 is 29.2 Å². The summed E-state index contributed by atoms with van der Waals surface area (Å²) < 4.78 is 0. The minimum Gasteiger partial charge on any atom is -0.481 e. The van der Waals surface area contributed by atoms with Crippen molar-refractivity contribution in [2.24, 2.45) is 5.92 Å². The van der Waals surface area contributed by atoms with Crippen LogP contribution in [0.25, 0.3) is 0 Å². The molecule has 0 bridgehead atoms. The third-order valence-electron chi connectivity index (χ3n) is 2.48. The van der Waals surface area contributed by atoms with Gasteiger partial charge in [0, 0.05) is 19.2 Å². The molecule has 1 aliphatic rings. The Labute approximate surface area is 96.7 Å². The number of nitrogens with zero attached hydrogens (tertiary/aromatic N) is 2. The monoisotopic (exact) mass is 240 g/mol. The van der Waals surface area contributed by atoms with E-state index < -0.39 is 11.9 Å². The van der Waals surface area contributed by atoms with Crippen molar-refractivity contribution in [1.29, 1.82) is 0 Å². The molecule has 0 radical (unpaired) electrons. The lowest BCUT2D eigenvalue weighted by molar-refractivity contribution is -0.141. The number of carbonyl (C=O) groups excluding carboxylic acids is 1. The zero-order chi connectivity index (χ0) is 11.7. The van der Waals surface area contributed by atoms with Crippen molar-refractivity contribution in [2.75, 3.05) is 11.4 Å². The second kappa shape index (κ2) is 4.09. The van der Waals surface area contributed by atoms with Gasteiger partial charge in [0.1, 0.15) is 0 Å². The Kier molecular flexibility index (Phi) is 2.78. The highest BCUT2D eigenvalue weighted by atomic mass is 35.5. The molecule has 0 saturated carbocycles. The van der Waals surface area contributed by atoms with E-state index in [0.717, 1.165) is 0 Å². The molecule has 1 aromatic rings. The number of carboxylic acids is 1. The summed E-state index contributed by atoms with van der Waals surface area (Å²) in [5.41, 5.74) is 0.543. The van der Waals surface area contributed by atoms with Crippen LogP contribution in [0.15, 0.2) is 18.5 Å². The van der Waals surface area contributed by atoms with Gasteiger partial charge in [-0.25, -0.2) is 0 Å². The first-order chi connectivity index (χ1) is 7.58. The normalized spacial score (nSPS) is 20.2. The topological polar surface area (TPSA) is 70.5 Å². The number of hydrogen-bond donors (Lipinski definition) is 1. The van der Waals surface area contributed by atoms with Gasteiger partial charge in [0.2, 0.25) is 5.91 Å². The second-order valence-corrected chi connectivity index (χ2v) is 4.04. The Balaban J connectivity index is 2.23. The average Bonchev–Trinajstić information content (AvgIpc) is 2.60. The lowest BCUT2D eigenvalue weighted by Crippen LogP contribution is -2.25. The van der Waals surface area contributed by atoms with Gasteiger partial charge in [0.25, 0.3) is 0 Å². The predicted molar refractivity (Wildman–Crippen MR) is 57.3 cm³/mol. The number of aromatic nitrogens is 1. The molecule has 0 spiro atoms. The molecule has 5 nitrogen and oxygen atoms in total. The van der Waals surface area contributed by atoms with Crippen LogP contribution < -0.4 is 4.90 Å². The van der Waals surface area contributed by atoms with Gasteiger partial charge in [0.05, 0.1) is 22.8 Å². The smallest absolute Gasteiger partial charge is 0.308 e. The lowest BCUT2D eigenvalue weighted by atomic mass is 10.1. The van der Waals surface area contributed by atoms with E-state index in [1.54, 1.807) is 6.07 Å². The lowest BCUT2D eigenvalue weighted by Gasteiger charge is -2.15. The standard InChI is InChI=1S/C10H9ClN2O3/c11-7-2-8(4-12-3-7)13-5-6(10(15)16)1-9(13)14/h2-4,6H,1,5H2,(H,15,16). The fraction of sp³-hybridized carbons (Fsp3) is 0.300. The van der Waals surface area contributed by atoms with Crippen LogP contribution in [0.4, 0.5) is 5.69 Å². The average molecular weight is 241 g/mol. The molecule has 84 valence electrons. The maximum absolute atomic E-state index is 11.6. The summed E-state index contributed by atoms with van der Waals surface area (Å²) in [6.07, 6.45) is 2.98. The highest BCUT2D eigenvalue weighted by molar-refractivity contribution is 6.30. The van der Waals surface area contributed by atoms with E-state index in [-0.39, 0.29) is 18.9 Å². The molecule has 1 unspecified atom stereocenters. The van der Waals surface area contributed by atoms with Crippen LogP contribution in [-0.2, 0) is 9.59 Å². The van der Waals surface area contributed by atoms with Gasteiger partial charge in [-0.1, -0.05) is 11.6 Å². The van der Waals surface area contributed by atoms with Crippen LogP contribution >= 0.6 is 11.6 Å². The number of carbonyl (C=O) groups is 2. The van der Waals surface area contributed by atoms with Crippen molar-refractivity contribution in [3.63, 3.8) is 0 Å². The number of rotatable bonds is 2. The van der Waals surface area contributed by atoms with Crippen LogP contribution in [0, 0.1) is 5.92 Å². The number of halogens is 1. The first kappa shape index (κ1) is 10.9. The zero-order valence-electron chi connectivity index (χ0n) is 8.26. The molecule has 1 fully saturated rings. The quantitative estimate of drug-likeness (QED) is 0.843. The number of hydrogen-bond acceptors (Lipinski definition) is 3. The van der Waals surface area contributed by atoms with E-state index >= 15 is 0 Å². The first-order valence-corrected chi connectivity index (χ1v) is 5.09. The van der Waals surface area contributed by atoms with Gasteiger partial charge >= 0.3 is 5.97 Å². The van der Waals surface area contributed by atoms with Crippen molar-refractivity contribution in [3.05, 3.63) is 23.5 Å². The number of aliphatic carboxylic acids is 1. The molecule has 0 aliphatic carbocycles. The van der Waals surface area contributed by atoms with Gasteiger partial charge in [0.15, 0.2) is 0 Å².